The Balaban J connectivity index is 1.70. The SMILES string of the molecule is CCCCc1ccc(CCCNCC(O)c2cc(OC)ccc2O)cc1. The fourth-order valence-corrected chi connectivity index (χ4v) is 2.95. The first-order valence-electron chi connectivity index (χ1n) is 9.47. The van der Waals surface area contributed by atoms with Gasteiger partial charge in [0.2, 0.25) is 0 Å². The van der Waals surface area contributed by atoms with E-state index in [1.165, 1.54) is 24.0 Å². The number of unbranched alkanes of at least 4 members (excludes halogenated alkanes) is 1. The van der Waals surface area contributed by atoms with Crippen LogP contribution in [0.25, 0.3) is 0 Å². The van der Waals surface area contributed by atoms with Gasteiger partial charge in [-0.3, -0.25) is 0 Å². The van der Waals surface area contributed by atoms with E-state index in [0.717, 1.165) is 25.8 Å². The molecule has 0 aliphatic rings. The molecule has 0 aliphatic carbocycles. The van der Waals surface area contributed by atoms with Gasteiger partial charge in [-0.15, -0.1) is 0 Å². The number of hydrogen-bond donors (Lipinski definition) is 3. The molecule has 0 fully saturated rings. The third-order valence-electron chi connectivity index (χ3n) is 4.59. The number of methoxy groups -OCH3 is 1. The van der Waals surface area contributed by atoms with Crippen molar-refractivity contribution in [3.63, 3.8) is 0 Å². The Morgan fingerprint density at radius 2 is 1.65 bits per heavy atom. The van der Waals surface area contributed by atoms with Crippen molar-refractivity contribution in [1.29, 1.82) is 0 Å². The number of hydrogen-bond acceptors (Lipinski definition) is 4. The van der Waals surface area contributed by atoms with Gasteiger partial charge in [-0.25, -0.2) is 0 Å². The fourth-order valence-electron chi connectivity index (χ4n) is 2.95. The van der Waals surface area contributed by atoms with E-state index >= 15 is 0 Å². The molecule has 4 heteroatoms. The summed E-state index contributed by atoms with van der Waals surface area (Å²) in [4.78, 5) is 0. The zero-order valence-electron chi connectivity index (χ0n) is 15.9. The second-order valence-electron chi connectivity index (χ2n) is 6.67. The van der Waals surface area contributed by atoms with E-state index in [9.17, 15) is 10.2 Å². The van der Waals surface area contributed by atoms with Gasteiger partial charge in [-0.1, -0.05) is 37.6 Å². The lowest BCUT2D eigenvalue weighted by atomic mass is 10.0. The molecule has 0 bridgehead atoms. The van der Waals surface area contributed by atoms with Crippen molar-refractivity contribution in [2.24, 2.45) is 0 Å². The fraction of sp³-hybridized carbons (Fsp3) is 0.455. The zero-order valence-corrected chi connectivity index (χ0v) is 15.9. The minimum Gasteiger partial charge on any atom is -0.508 e. The highest BCUT2D eigenvalue weighted by atomic mass is 16.5. The van der Waals surface area contributed by atoms with E-state index in [-0.39, 0.29) is 5.75 Å². The number of aromatic hydroxyl groups is 1. The summed E-state index contributed by atoms with van der Waals surface area (Å²) in [5.74, 6) is 0.711. The lowest BCUT2D eigenvalue weighted by molar-refractivity contribution is 0.170. The maximum Gasteiger partial charge on any atom is 0.121 e. The van der Waals surface area contributed by atoms with E-state index in [4.69, 9.17) is 4.74 Å². The van der Waals surface area contributed by atoms with Gasteiger partial charge < -0.3 is 20.3 Å². The van der Waals surface area contributed by atoms with E-state index in [1.807, 2.05) is 0 Å². The number of phenolic OH excluding ortho intramolecular Hbond substituents is 1. The molecule has 2 aromatic carbocycles. The lowest BCUT2D eigenvalue weighted by Gasteiger charge is -2.14. The van der Waals surface area contributed by atoms with Gasteiger partial charge in [-0.2, -0.15) is 0 Å². The van der Waals surface area contributed by atoms with E-state index < -0.39 is 6.10 Å². The summed E-state index contributed by atoms with van der Waals surface area (Å²) in [6.45, 7) is 3.43. The summed E-state index contributed by atoms with van der Waals surface area (Å²) >= 11 is 0. The molecule has 0 aliphatic heterocycles. The van der Waals surface area contributed by atoms with Crippen molar-refractivity contribution in [3.8, 4) is 11.5 Å². The molecule has 0 heterocycles. The maximum absolute atomic E-state index is 10.3. The lowest BCUT2D eigenvalue weighted by Crippen LogP contribution is -2.23. The van der Waals surface area contributed by atoms with Crippen molar-refractivity contribution in [3.05, 3.63) is 59.2 Å². The Labute approximate surface area is 156 Å². The van der Waals surface area contributed by atoms with Crippen molar-refractivity contribution >= 4 is 0 Å². The molecule has 26 heavy (non-hydrogen) atoms. The predicted molar refractivity (Wildman–Crippen MR) is 106 cm³/mol. The highest BCUT2D eigenvalue weighted by molar-refractivity contribution is 5.40. The minimum atomic E-state index is -0.761. The topological polar surface area (TPSA) is 61.7 Å². The highest BCUT2D eigenvalue weighted by Crippen LogP contribution is 2.28. The second-order valence-corrected chi connectivity index (χ2v) is 6.67. The van der Waals surface area contributed by atoms with Crippen LogP contribution in [0.1, 0.15) is 49.0 Å². The molecule has 3 N–H and O–H groups in total. The van der Waals surface area contributed by atoms with Gasteiger partial charge in [0, 0.05) is 12.1 Å². The van der Waals surface area contributed by atoms with Crippen LogP contribution >= 0.6 is 0 Å². The third-order valence-corrected chi connectivity index (χ3v) is 4.59. The number of aryl methyl sites for hydroxylation is 2. The minimum absolute atomic E-state index is 0.0864. The molecule has 142 valence electrons. The van der Waals surface area contributed by atoms with E-state index in [1.54, 1.807) is 25.3 Å². The van der Waals surface area contributed by atoms with Crippen molar-refractivity contribution in [2.75, 3.05) is 20.2 Å². The highest BCUT2D eigenvalue weighted by Gasteiger charge is 2.13. The van der Waals surface area contributed by atoms with E-state index in [2.05, 4.69) is 36.5 Å². The Morgan fingerprint density at radius 1 is 1.00 bits per heavy atom. The molecule has 0 spiro atoms. The first-order valence-corrected chi connectivity index (χ1v) is 9.47. The smallest absolute Gasteiger partial charge is 0.121 e. The summed E-state index contributed by atoms with van der Waals surface area (Å²) in [6, 6.07) is 13.8. The molecule has 1 atom stereocenters. The maximum atomic E-state index is 10.3. The average Bonchev–Trinajstić information content (AvgIpc) is 2.67. The van der Waals surface area contributed by atoms with Crippen LogP contribution in [0.4, 0.5) is 0 Å². The monoisotopic (exact) mass is 357 g/mol. The summed E-state index contributed by atoms with van der Waals surface area (Å²) in [5.41, 5.74) is 3.24. The normalized spacial score (nSPS) is 12.1. The predicted octanol–water partition coefficient (Wildman–Crippen LogP) is 4.00. The molecule has 0 saturated carbocycles. The number of nitrogens with one attached hydrogen (secondary N) is 1. The van der Waals surface area contributed by atoms with Crippen molar-refractivity contribution in [1.82, 2.24) is 5.32 Å². The van der Waals surface area contributed by atoms with Crippen molar-refractivity contribution in [2.45, 2.75) is 45.1 Å². The summed E-state index contributed by atoms with van der Waals surface area (Å²) in [7, 11) is 1.57. The molecule has 1 unspecified atom stereocenters. The molecule has 0 amide bonds. The Morgan fingerprint density at radius 3 is 2.27 bits per heavy atom. The number of phenols is 1. The molecular formula is C22H31NO3. The first kappa shape index (κ1) is 20.3. The molecule has 0 saturated heterocycles. The first-order chi connectivity index (χ1) is 12.6. The van der Waals surface area contributed by atoms with Crippen LogP contribution in [0.15, 0.2) is 42.5 Å². The van der Waals surface area contributed by atoms with Crippen LogP contribution in [0.2, 0.25) is 0 Å². The van der Waals surface area contributed by atoms with Gasteiger partial charge in [0.15, 0.2) is 0 Å². The van der Waals surface area contributed by atoms with Gasteiger partial charge in [0.1, 0.15) is 11.5 Å². The number of aliphatic hydroxyl groups excluding tert-OH is 1. The van der Waals surface area contributed by atoms with E-state index in [0.29, 0.717) is 17.9 Å². The van der Waals surface area contributed by atoms with Crippen LogP contribution < -0.4 is 10.1 Å². The Hall–Kier alpha value is -2.04. The number of benzene rings is 2. The molecular weight excluding hydrogens is 326 g/mol. The standard InChI is InChI=1S/C22H31NO3/c1-3-4-6-17-8-10-18(11-9-17)7-5-14-23-16-22(25)20-15-19(26-2)12-13-21(20)24/h8-13,15,22-25H,3-7,14,16H2,1-2H3. The molecule has 0 radical (unpaired) electrons. The molecule has 0 aromatic heterocycles. The summed E-state index contributed by atoms with van der Waals surface area (Å²) in [5, 5.41) is 23.4. The van der Waals surface area contributed by atoms with Gasteiger partial charge in [0.05, 0.1) is 13.2 Å². The van der Waals surface area contributed by atoms with Crippen LogP contribution in [0, 0.1) is 0 Å². The molecule has 4 nitrogen and oxygen atoms in total. The second kappa shape index (κ2) is 10.8. The largest absolute Gasteiger partial charge is 0.508 e. The Kier molecular flexibility index (Phi) is 8.45. The average molecular weight is 357 g/mol. The number of aliphatic hydroxyl groups is 1. The quantitative estimate of drug-likeness (QED) is 0.532. The van der Waals surface area contributed by atoms with Crippen LogP contribution in [-0.2, 0) is 12.8 Å². The third kappa shape index (κ3) is 6.36. The van der Waals surface area contributed by atoms with Gasteiger partial charge >= 0.3 is 0 Å². The summed E-state index contributed by atoms with van der Waals surface area (Å²) in [6.07, 6.45) is 4.89. The molecule has 2 aromatic rings. The van der Waals surface area contributed by atoms with Crippen LogP contribution in [0.5, 0.6) is 11.5 Å². The zero-order chi connectivity index (χ0) is 18.8. The van der Waals surface area contributed by atoms with Crippen LogP contribution in [0.3, 0.4) is 0 Å². The number of ether oxygens (including phenoxy) is 1. The summed E-state index contributed by atoms with van der Waals surface area (Å²) < 4.78 is 5.14. The number of rotatable bonds is 11. The Bertz CT molecular complexity index is 655. The van der Waals surface area contributed by atoms with Crippen LogP contribution in [-0.4, -0.2) is 30.4 Å². The van der Waals surface area contributed by atoms with Crippen molar-refractivity contribution < 1.29 is 14.9 Å². The van der Waals surface area contributed by atoms with Gasteiger partial charge in [0.25, 0.3) is 0 Å². The molecule has 2 rings (SSSR count). The van der Waals surface area contributed by atoms with Gasteiger partial charge in [-0.05, 0) is 61.6 Å².